The third kappa shape index (κ3) is 4.58. The summed E-state index contributed by atoms with van der Waals surface area (Å²) in [5.41, 5.74) is 1.91. The van der Waals surface area contributed by atoms with Crippen LogP contribution < -0.4 is 4.72 Å². The predicted octanol–water partition coefficient (Wildman–Crippen LogP) is 1.70. The van der Waals surface area contributed by atoms with Gasteiger partial charge in [0.15, 0.2) is 0 Å². The van der Waals surface area contributed by atoms with Crippen LogP contribution >= 0.6 is 0 Å². The second kappa shape index (κ2) is 5.84. The van der Waals surface area contributed by atoms with Gasteiger partial charge in [-0.15, -0.1) is 0 Å². The van der Waals surface area contributed by atoms with Crippen molar-refractivity contribution < 1.29 is 13.5 Å². The first-order valence-electron chi connectivity index (χ1n) is 5.35. The van der Waals surface area contributed by atoms with Crippen LogP contribution in [0.5, 0.6) is 5.75 Å². The Morgan fingerprint density at radius 3 is 2.82 bits per heavy atom. The molecular weight excluding hydrogens is 238 g/mol. The van der Waals surface area contributed by atoms with Crippen molar-refractivity contribution in [2.45, 2.75) is 19.8 Å². The SMILES string of the molecule is C=CS(=O)(=O)NCCCc1cc(C)ccc1O. The van der Waals surface area contributed by atoms with Gasteiger partial charge in [0.2, 0.25) is 10.0 Å². The fourth-order valence-corrected chi connectivity index (χ4v) is 2.01. The van der Waals surface area contributed by atoms with E-state index in [0.29, 0.717) is 19.4 Å². The molecule has 0 saturated carbocycles. The largest absolute Gasteiger partial charge is 0.508 e. The summed E-state index contributed by atoms with van der Waals surface area (Å²) in [7, 11) is -3.34. The summed E-state index contributed by atoms with van der Waals surface area (Å²) < 4.78 is 24.5. The van der Waals surface area contributed by atoms with E-state index in [1.807, 2.05) is 19.1 Å². The smallest absolute Gasteiger partial charge is 0.233 e. The molecule has 0 aliphatic rings. The molecule has 2 N–H and O–H groups in total. The molecule has 0 spiro atoms. The van der Waals surface area contributed by atoms with Crippen LogP contribution in [0.3, 0.4) is 0 Å². The zero-order valence-corrected chi connectivity index (χ0v) is 10.6. The molecule has 94 valence electrons. The summed E-state index contributed by atoms with van der Waals surface area (Å²) >= 11 is 0. The molecule has 0 unspecified atom stereocenters. The van der Waals surface area contributed by atoms with E-state index < -0.39 is 10.0 Å². The van der Waals surface area contributed by atoms with Crippen molar-refractivity contribution in [2.24, 2.45) is 0 Å². The molecule has 0 aromatic heterocycles. The van der Waals surface area contributed by atoms with Gasteiger partial charge in [0.1, 0.15) is 5.75 Å². The number of aromatic hydroxyl groups is 1. The maximum Gasteiger partial charge on any atom is 0.233 e. The number of phenolic OH excluding ortho intramolecular Hbond substituents is 1. The summed E-state index contributed by atoms with van der Waals surface area (Å²) in [4.78, 5) is 0. The van der Waals surface area contributed by atoms with E-state index in [9.17, 15) is 13.5 Å². The minimum absolute atomic E-state index is 0.252. The molecule has 1 rings (SSSR count). The molecular formula is C12H17NO3S. The van der Waals surface area contributed by atoms with Crippen molar-refractivity contribution >= 4 is 10.0 Å². The predicted molar refractivity (Wildman–Crippen MR) is 68.3 cm³/mol. The molecule has 0 bridgehead atoms. The number of hydrogen-bond acceptors (Lipinski definition) is 3. The molecule has 0 aliphatic heterocycles. The first-order valence-corrected chi connectivity index (χ1v) is 6.90. The van der Waals surface area contributed by atoms with Crippen LogP contribution in [-0.2, 0) is 16.4 Å². The number of phenols is 1. The van der Waals surface area contributed by atoms with Gasteiger partial charge in [-0.1, -0.05) is 24.3 Å². The third-order valence-corrected chi connectivity index (χ3v) is 3.43. The molecule has 4 nitrogen and oxygen atoms in total. The summed E-state index contributed by atoms with van der Waals surface area (Å²) in [6.45, 7) is 5.49. The standard InChI is InChI=1S/C12H17NO3S/c1-3-17(15,16)13-8-4-5-11-9-10(2)6-7-12(11)14/h3,6-7,9,13-14H,1,4-5,8H2,2H3. The fourth-order valence-electron chi connectivity index (χ4n) is 1.47. The van der Waals surface area contributed by atoms with E-state index in [2.05, 4.69) is 11.3 Å². The van der Waals surface area contributed by atoms with Crippen LogP contribution in [0.1, 0.15) is 17.5 Å². The Kier molecular flexibility index (Phi) is 4.72. The van der Waals surface area contributed by atoms with Gasteiger partial charge in [-0.3, -0.25) is 0 Å². The molecule has 0 saturated heterocycles. The molecule has 1 aromatic rings. The Labute approximate surface area is 102 Å². The highest BCUT2D eigenvalue weighted by atomic mass is 32.2. The molecule has 0 fully saturated rings. The van der Waals surface area contributed by atoms with E-state index in [0.717, 1.165) is 16.5 Å². The molecule has 17 heavy (non-hydrogen) atoms. The summed E-state index contributed by atoms with van der Waals surface area (Å²) in [5, 5.41) is 10.5. The number of rotatable bonds is 6. The zero-order valence-electron chi connectivity index (χ0n) is 9.81. The minimum Gasteiger partial charge on any atom is -0.508 e. The lowest BCUT2D eigenvalue weighted by Gasteiger charge is -2.06. The Bertz CT molecular complexity index is 494. The van der Waals surface area contributed by atoms with Crippen LogP contribution in [0.25, 0.3) is 0 Å². The fraction of sp³-hybridized carbons (Fsp3) is 0.333. The van der Waals surface area contributed by atoms with Crippen molar-refractivity contribution in [3.8, 4) is 5.75 Å². The summed E-state index contributed by atoms with van der Waals surface area (Å²) in [5.74, 6) is 0.252. The highest BCUT2D eigenvalue weighted by Gasteiger charge is 2.04. The van der Waals surface area contributed by atoms with E-state index in [1.165, 1.54) is 0 Å². The molecule has 0 heterocycles. The topological polar surface area (TPSA) is 66.4 Å². The van der Waals surface area contributed by atoms with Gasteiger partial charge in [0.05, 0.1) is 0 Å². The lowest BCUT2D eigenvalue weighted by atomic mass is 10.1. The first kappa shape index (κ1) is 13.7. The van der Waals surface area contributed by atoms with Crippen molar-refractivity contribution in [1.82, 2.24) is 4.72 Å². The number of aryl methyl sites for hydroxylation is 2. The number of sulfonamides is 1. The van der Waals surface area contributed by atoms with E-state index >= 15 is 0 Å². The normalized spacial score (nSPS) is 11.4. The highest BCUT2D eigenvalue weighted by Crippen LogP contribution is 2.19. The molecule has 5 heteroatoms. The Morgan fingerprint density at radius 2 is 2.18 bits per heavy atom. The molecule has 0 radical (unpaired) electrons. The van der Waals surface area contributed by atoms with Crippen LogP contribution in [0.2, 0.25) is 0 Å². The summed E-state index contributed by atoms with van der Waals surface area (Å²) in [6, 6.07) is 5.38. The number of benzene rings is 1. The number of nitrogens with one attached hydrogen (secondary N) is 1. The Hall–Kier alpha value is -1.33. The Morgan fingerprint density at radius 1 is 1.47 bits per heavy atom. The van der Waals surface area contributed by atoms with E-state index in [4.69, 9.17) is 0 Å². The lowest BCUT2D eigenvalue weighted by Crippen LogP contribution is -2.22. The lowest BCUT2D eigenvalue weighted by molar-refractivity contribution is 0.467. The maximum atomic E-state index is 11.1. The Balaban J connectivity index is 2.46. The van der Waals surface area contributed by atoms with Crippen LogP contribution in [0.4, 0.5) is 0 Å². The van der Waals surface area contributed by atoms with Crippen LogP contribution in [0.15, 0.2) is 30.2 Å². The molecule has 0 amide bonds. The van der Waals surface area contributed by atoms with Gasteiger partial charge in [0, 0.05) is 12.0 Å². The van der Waals surface area contributed by atoms with E-state index in [1.54, 1.807) is 6.07 Å². The summed E-state index contributed by atoms with van der Waals surface area (Å²) in [6.07, 6.45) is 1.26. The first-order chi connectivity index (χ1) is 7.94. The average molecular weight is 255 g/mol. The zero-order chi connectivity index (χ0) is 12.9. The number of hydrogen-bond donors (Lipinski definition) is 2. The molecule has 0 atom stereocenters. The second-order valence-corrected chi connectivity index (χ2v) is 5.55. The van der Waals surface area contributed by atoms with Crippen molar-refractivity contribution in [2.75, 3.05) is 6.54 Å². The van der Waals surface area contributed by atoms with Gasteiger partial charge in [-0.25, -0.2) is 13.1 Å². The molecule has 0 aliphatic carbocycles. The maximum absolute atomic E-state index is 11.1. The van der Waals surface area contributed by atoms with Gasteiger partial charge in [-0.05, 0) is 31.4 Å². The van der Waals surface area contributed by atoms with Gasteiger partial charge >= 0.3 is 0 Å². The van der Waals surface area contributed by atoms with Crippen molar-refractivity contribution in [3.05, 3.63) is 41.3 Å². The van der Waals surface area contributed by atoms with Crippen LogP contribution in [-0.4, -0.2) is 20.1 Å². The quantitative estimate of drug-likeness (QED) is 0.760. The van der Waals surface area contributed by atoms with E-state index in [-0.39, 0.29) is 5.75 Å². The molecule has 1 aromatic carbocycles. The average Bonchev–Trinajstić information content (AvgIpc) is 2.29. The van der Waals surface area contributed by atoms with Crippen molar-refractivity contribution in [3.63, 3.8) is 0 Å². The van der Waals surface area contributed by atoms with Crippen LogP contribution in [0, 0.1) is 6.92 Å². The monoisotopic (exact) mass is 255 g/mol. The third-order valence-electron chi connectivity index (χ3n) is 2.38. The van der Waals surface area contributed by atoms with Crippen molar-refractivity contribution in [1.29, 1.82) is 0 Å². The second-order valence-electron chi connectivity index (χ2n) is 3.84. The minimum atomic E-state index is -3.34. The van der Waals surface area contributed by atoms with Gasteiger partial charge < -0.3 is 5.11 Å². The van der Waals surface area contributed by atoms with Gasteiger partial charge in [0.25, 0.3) is 0 Å². The highest BCUT2D eigenvalue weighted by molar-refractivity contribution is 7.92. The van der Waals surface area contributed by atoms with Gasteiger partial charge in [-0.2, -0.15) is 0 Å².